The highest BCUT2D eigenvalue weighted by Gasteiger charge is 2.62. The molecule has 0 radical (unpaired) electrons. The molecule has 1 N–H and O–H groups in total. The summed E-state index contributed by atoms with van der Waals surface area (Å²) in [4.78, 5) is 53.6. The molecular formula is C30H27N3O5. The zero-order chi connectivity index (χ0) is 26.6. The molecule has 192 valence electrons. The molecule has 4 aliphatic rings. The maximum Gasteiger partial charge on any atom is 0.271 e. The van der Waals surface area contributed by atoms with Crippen molar-refractivity contribution in [2.75, 3.05) is 5.32 Å². The molecule has 3 aliphatic carbocycles. The van der Waals surface area contributed by atoms with Gasteiger partial charge in [-0.25, -0.2) is 0 Å². The van der Waals surface area contributed by atoms with E-state index in [1.54, 1.807) is 6.07 Å². The molecule has 38 heavy (non-hydrogen) atoms. The van der Waals surface area contributed by atoms with Gasteiger partial charge in [0, 0.05) is 29.7 Å². The predicted octanol–water partition coefficient (Wildman–Crippen LogP) is 4.98. The van der Waals surface area contributed by atoms with Gasteiger partial charge in [0.2, 0.25) is 17.7 Å². The third kappa shape index (κ3) is 3.55. The Morgan fingerprint density at radius 3 is 1.89 bits per heavy atom. The molecule has 8 heteroatoms. The molecule has 0 spiro atoms. The van der Waals surface area contributed by atoms with E-state index in [9.17, 15) is 24.5 Å². The van der Waals surface area contributed by atoms with Gasteiger partial charge in [-0.1, -0.05) is 74.4 Å². The molecule has 3 amide bonds. The van der Waals surface area contributed by atoms with Crippen molar-refractivity contribution in [3.8, 4) is 0 Å². The number of non-ortho nitro benzene ring substituents is 1. The largest absolute Gasteiger partial charge is 0.324 e. The van der Waals surface area contributed by atoms with Gasteiger partial charge in [0.25, 0.3) is 5.69 Å². The molecule has 3 atom stereocenters. The minimum Gasteiger partial charge on any atom is -0.324 e. The van der Waals surface area contributed by atoms with Gasteiger partial charge in [-0.2, -0.15) is 0 Å². The standard InChI is InChI=1S/C30H27N3O5/c1-2-3-15-23(28(34)31-17-9-8-10-18(16-17)33(37)38)32-29(35)26-24-19-11-4-5-12-20(19)25(27(26)30(32)36)22-14-7-6-13-21(22)24/h4-14,16,23-27H,2-3,15H2,1H3,(H,31,34)/t23-,24?,25?,26-,27-/m0/s1. The van der Waals surface area contributed by atoms with E-state index in [1.807, 2.05) is 55.5 Å². The van der Waals surface area contributed by atoms with Crippen LogP contribution in [-0.4, -0.2) is 33.6 Å². The molecule has 3 aromatic carbocycles. The third-order valence-electron chi connectivity index (χ3n) is 8.25. The number of amides is 3. The minimum atomic E-state index is -0.995. The first-order chi connectivity index (χ1) is 18.4. The summed E-state index contributed by atoms with van der Waals surface area (Å²) >= 11 is 0. The van der Waals surface area contributed by atoms with Crippen LogP contribution >= 0.6 is 0 Å². The molecule has 2 bridgehead atoms. The molecule has 7 rings (SSSR count). The Morgan fingerprint density at radius 1 is 0.895 bits per heavy atom. The number of unbranched alkanes of at least 4 members (excludes halogenated alkanes) is 1. The van der Waals surface area contributed by atoms with Gasteiger partial charge in [-0.05, 0) is 34.7 Å². The molecule has 0 saturated carbocycles. The van der Waals surface area contributed by atoms with E-state index in [4.69, 9.17) is 0 Å². The molecule has 1 heterocycles. The number of imide groups is 1. The van der Waals surface area contributed by atoms with E-state index in [1.165, 1.54) is 23.1 Å². The fraction of sp³-hybridized carbons (Fsp3) is 0.300. The lowest BCUT2D eigenvalue weighted by atomic mass is 9.55. The number of benzene rings is 3. The quantitative estimate of drug-likeness (QED) is 0.274. The van der Waals surface area contributed by atoms with Gasteiger partial charge < -0.3 is 5.32 Å². The average Bonchev–Trinajstić information content (AvgIpc) is 3.19. The number of nitrogens with one attached hydrogen (secondary N) is 1. The first-order valence-electron chi connectivity index (χ1n) is 13.0. The molecule has 0 aromatic heterocycles. The van der Waals surface area contributed by atoms with Gasteiger partial charge >= 0.3 is 0 Å². The van der Waals surface area contributed by atoms with E-state index < -0.39 is 28.7 Å². The number of nitro groups is 1. The van der Waals surface area contributed by atoms with Gasteiger partial charge in [0.05, 0.1) is 16.8 Å². The molecule has 8 nitrogen and oxygen atoms in total. The zero-order valence-electron chi connectivity index (χ0n) is 20.9. The number of nitro benzene ring substituents is 1. The van der Waals surface area contributed by atoms with E-state index >= 15 is 0 Å². The number of rotatable bonds is 7. The second-order valence-electron chi connectivity index (χ2n) is 10.3. The smallest absolute Gasteiger partial charge is 0.271 e. The van der Waals surface area contributed by atoms with E-state index in [0.717, 1.165) is 28.7 Å². The van der Waals surface area contributed by atoms with E-state index in [2.05, 4.69) is 5.32 Å². The zero-order valence-corrected chi connectivity index (χ0v) is 20.9. The Balaban J connectivity index is 1.38. The minimum absolute atomic E-state index is 0.153. The lowest BCUT2D eigenvalue weighted by Gasteiger charge is -2.45. The summed E-state index contributed by atoms with van der Waals surface area (Å²) in [5, 5.41) is 13.9. The number of hydrogen-bond acceptors (Lipinski definition) is 5. The molecular weight excluding hydrogens is 482 g/mol. The van der Waals surface area contributed by atoms with Crippen molar-refractivity contribution >= 4 is 29.1 Å². The molecule has 0 unspecified atom stereocenters. The van der Waals surface area contributed by atoms with Crippen LogP contribution in [0.4, 0.5) is 11.4 Å². The predicted molar refractivity (Wildman–Crippen MR) is 140 cm³/mol. The van der Waals surface area contributed by atoms with Crippen LogP contribution in [0.5, 0.6) is 0 Å². The Hall–Kier alpha value is -4.33. The number of nitrogens with zero attached hydrogens (tertiary/aromatic N) is 2. The van der Waals surface area contributed by atoms with Crippen LogP contribution in [0.25, 0.3) is 0 Å². The monoisotopic (exact) mass is 509 g/mol. The van der Waals surface area contributed by atoms with Crippen molar-refractivity contribution in [2.24, 2.45) is 11.8 Å². The Labute approximate surface area is 219 Å². The summed E-state index contributed by atoms with van der Waals surface area (Å²) in [6.07, 6.45) is 1.75. The fourth-order valence-corrected chi connectivity index (χ4v) is 6.71. The highest BCUT2D eigenvalue weighted by molar-refractivity contribution is 6.11. The van der Waals surface area contributed by atoms with Gasteiger partial charge in [-0.3, -0.25) is 29.4 Å². The van der Waals surface area contributed by atoms with Crippen molar-refractivity contribution in [2.45, 2.75) is 44.1 Å². The molecule has 3 aromatic rings. The van der Waals surface area contributed by atoms with Gasteiger partial charge in [0.1, 0.15) is 6.04 Å². The number of hydrogen-bond donors (Lipinski definition) is 1. The first kappa shape index (κ1) is 24.0. The number of likely N-dealkylation sites (tertiary alicyclic amines) is 1. The lowest BCUT2D eigenvalue weighted by Crippen LogP contribution is -2.48. The van der Waals surface area contributed by atoms with Crippen molar-refractivity contribution in [1.82, 2.24) is 4.90 Å². The number of anilines is 1. The molecule has 1 saturated heterocycles. The van der Waals surface area contributed by atoms with Crippen LogP contribution in [-0.2, 0) is 14.4 Å². The highest BCUT2D eigenvalue weighted by atomic mass is 16.6. The van der Waals surface area contributed by atoms with Crippen LogP contribution in [0.2, 0.25) is 0 Å². The average molecular weight is 510 g/mol. The van der Waals surface area contributed by atoms with Crippen LogP contribution in [0.3, 0.4) is 0 Å². The summed E-state index contributed by atoms with van der Waals surface area (Å²) in [7, 11) is 0. The fourth-order valence-electron chi connectivity index (χ4n) is 6.71. The van der Waals surface area contributed by atoms with Crippen LogP contribution in [0, 0.1) is 22.0 Å². The molecule has 1 aliphatic heterocycles. The van der Waals surface area contributed by atoms with Crippen LogP contribution in [0.15, 0.2) is 72.8 Å². The topological polar surface area (TPSA) is 110 Å². The third-order valence-corrected chi connectivity index (χ3v) is 8.25. The number of carbonyl (C=O) groups is 3. The summed E-state index contributed by atoms with van der Waals surface area (Å²) in [6, 6.07) is 20.7. The maximum atomic E-state index is 14.1. The second-order valence-corrected chi connectivity index (χ2v) is 10.3. The number of carbonyl (C=O) groups excluding carboxylic acids is 3. The van der Waals surface area contributed by atoms with E-state index in [-0.39, 0.29) is 35.0 Å². The maximum absolute atomic E-state index is 14.1. The highest BCUT2D eigenvalue weighted by Crippen LogP contribution is 2.61. The van der Waals surface area contributed by atoms with Crippen molar-refractivity contribution in [1.29, 1.82) is 0 Å². The van der Waals surface area contributed by atoms with Crippen molar-refractivity contribution < 1.29 is 19.3 Å². The summed E-state index contributed by atoms with van der Waals surface area (Å²) in [5.41, 5.74) is 4.40. The lowest BCUT2D eigenvalue weighted by molar-refractivity contribution is -0.384. The van der Waals surface area contributed by atoms with Gasteiger partial charge in [0.15, 0.2) is 0 Å². The second kappa shape index (κ2) is 9.20. The summed E-state index contributed by atoms with van der Waals surface area (Å²) in [6.45, 7) is 1.98. The summed E-state index contributed by atoms with van der Waals surface area (Å²) in [5.74, 6) is -2.75. The van der Waals surface area contributed by atoms with Crippen LogP contribution in [0.1, 0.15) is 60.3 Å². The Morgan fingerprint density at radius 2 is 1.42 bits per heavy atom. The van der Waals surface area contributed by atoms with Crippen molar-refractivity contribution in [3.63, 3.8) is 0 Å². The van der Waals surface area contributed by atoms with Crippen LogP contribution < -0.4 is 5.32 Å². The first-order valence-corrected chi connectivity index (χ1v) is 13.0. The Bertz CT molecular complexity index is 1370. The Kier molecular flexibility index (Phi) is 5.82. The normalized spacial score (nSPS) is 23.4. The van der Waals surface area contributed by atoms with E-state index in [0.29, 0.717) is 12.8 Å². The SMILES string of the molecule is CCCC[C@@H](C(=O)Nc1cccc([N+](=O)[O-])c1)N1C(=O)[C@H]2C3c4ccccc4C(c4ccccc43)[C@@H]2C1=O. The van der Waals surface area contributed by atoms with Crippen molar-refractivity contribution in [3.05, 3.63) is 105 Å². The molecule has 1 fully saturated rings. The summed E-state index contributed by atoms with van der Waals surface area (Å²) < 4.78 is 0. The van der Waals surface area contributed by atoms with Gasteiger partial charge in [-0.15, -0.1) is 0 Å².